The second-order valence-corrected chi connectivity index (χ2v) is 7.29. The van der Waals surface area contributed by atoms with Gasteiger partial charge in [0.15, 0.2) is 5.13 Å². The number of thiazole rings is 1. The summed E-state index contributed by atoms with van der Waals surface area (Å²) in [5.74, 6) is 0.239. The van der Waals surface area contributed by atoms with Crippen molar-refractivity contribution >= 4 is 34.0 Å². The Morgan fingerprint density at radius 1 is 1.20 bits per heavy atom. The standard InChI is InChI=1S/C21H24N4O4S/c1-28-13-10-22-19(26)9-11-25(14-17-8-5-12-29-17)20(27)18-15-30-21(24-18)23-16-6-3-2-4-7-16/h2-8,12,15H,9-11,13-14H2,1H3,(H,22,26)(H,23,24). The van der Waals surface area contributed by atoms with Gasteiger partial charge in [0.2, 0.25) is 5.91 Å². The minimum absolute atomic E-state index is 0.144. The fourth-order valence-electron chi connectivity index (χ4n) is 2.70. The van der Waals surface area contributed by atoms with Gasteiger partial charge in [-0.2, -0.15) is 0 Å². The molecule has 0 spiro atoms. The van der Waals surface area contributed by atoms with E-state index in [-0.39, 0.29) is 31.3 Å². The summed E-state index contributed by atoms with van der Waals surface area (Å²) >= 11 is 1.35. The number of benzene rings is 1. The number of carbonyl (C=O) groups excluding carboxylic acids is 2. The highest BCUT2D eigenvalue weighted by Crippen LogP contribution is 2.22. The molecule has 8 nitrogen and oxygen atoms in total. The lowest BCUT2D eigenvalue weighted by molar-refractivity contribution is -0.121. The molecule has 0 saturated heterocycles. The van der Waals surface area contributed by atoms with Crippen LogP contribution in [0.3, 0.4) is 0 Å². The van der Waals surface area contributed by atoms with Crippen molar-refractivity contribution in [3.05, 3.63) is 65.6 Å². The average Bonchev–Trinajstić information content (AvgIpc) is 3.44. The molecule has 2 N–H and O–H groups in total. The van der Waals surface area contributed by atoms with Crippen molar-refractivity contribution in [1.29, 1.82) is 0 Å². The van der Waals surface area contributed by atoms with E-state index in [0.29, 0.717) is 29.7 Å². The third kappa shape index (κ3) is 6.43. The Bertz CT molecular complexity index is 928. The van der Waals surface area contributed by atoms with Crippen LogP contribution in [0.2, 0.25) is 0 Å². The van der Waals surface area contributed by atoms with Crippen LogP contribution >= 0.6 is 11.3 Å². The van der Waals surface area contributed by atoms with Crippen LogP contribution < -0.4 is 10.6 Å². The Labute approximate surface area is 178 Å². The SMILES string of the molecule is COCCNC(=O)CCN(Cc1ccco1)C(=O)c1csc(Nc2ccccc2)n1. The summed E-state index contributed by atoms with van der Waals surface area (Å²) in [7, 11) is 1.57. The number of nitrogens with zero attached hydrogens (tertiary/aromatic N) is 2. The van der Waals surface area contributed by atoms with Gasteiger partial charge in [-0.3, -0.25) is 9.59 Å². The van der Waals surface area contributed by atoms with Crippen LogP contribution in [-0.4, -0.2) is 48.5 Å². The van der Waals surface area contributed by atoms with E-state index in [2.05, 4.69) is 15.6 Å². The number of para-hydroxylation sites is 1. The third-order valence-electron chi connectivity index (χ3n) is 4.20. The molecular formula is C21H24N4O4S. The predicted molar refractivity (Wildman–Crippen MR) is 115 cm³/mol. The molecule has 0 radical (unpaired) electrons. The summed E-state index contributed by atoms with van der Waals surface area (Å²) in [6, 6.07) is 13.2. The zero-order valence-electron chi connectivity index (χ0n) is 16.7. The number of hydrogen-bond donors (Lipinski definition) is 2. The highest BCUT2D eigenvalue weighted by Gasteiger charge is 2.21. The second kappa shape index (κ2) is 11.1. The van der Waals surface area contributed by atoms with E-state index in [1.807, 2.05) is 30.3 Å². The summed E-state index contributed by atoms with van der Waals surface area (Å²) < 4.78 is 10.3. The van der Waals surface area contributed by atoms with Crippen LogP contribution in [0.25, 0.3) is 0 Å². The van der Waals surface area contributed by atoms with Crippen LogP contribution in [0.1, 0.15) is 22.7 Å². The molecule has 2 heterocycles. The smallest absolute Gasteiger partial charge is 0.273 e. The molecule has 9 heteroatoms. The van der Waals surface area contributed by atoms with E-state index >= 15 is 0 Å². The molecule has 2 amide bonds. The van der Waals surface area contributed by atoms with Crippen molar-refractivity contribution in [2.75, 3.05) is 32.1 Å². The van der Waals surface area contributed by atoms with Crippen molar-refractivity contribution in [2.24, 2.45) is 0 Å². The topological polar surface area (TPSA) is 96.7 Å². The Morgan fingerprint density at radius 3 is 2.77 bits per heavy atom. The third-order valence-corrected chi connectivity index (χ3v) is 4.96. The minimum Gasteiger partial charge on any atom is -0.467 e. The fraction of sp³-hybridized carbons (Fsp3) is 0.286. The number of ether oxygens (including phenoxy) is 1. The van der Waals surface area contributed by atoms with Gasteiger partial charge in [-0.05, 0) is 24.3 Å². The van der Waals surface area contributed by atoms with Crippen molar-refractivity contribution < 1.29 is 18.7 Å². The van der Waals surface area contributed by atoms with E-state index in [1.54, 1.807) is 35.8 Å². The molecule has 3 aromatic rings. The molecule has 3 rings (SSSR count). The maximum absolute atomic E-state index is 13.1. The normalized spacial score (nSPS) is 10.6. The number of amides is 2. The van der Waals surface area contributed by atoms with Crippen LogP contribution in [0.15, 0.2) is 58.5 Å². The van der Waals surface area contributed by atoms with Gasteiger partial charge in [-0.25, -0.2) is 4.98 Å². The molecule has 1 aromatic carbocycles. The van der Waals surface area contributed by atoms with Gasteiger partial charge in [0.05, 0.1) is 19.4 Å². The van der Waals surface area contributed by atoms with Crippen LogP contribution in [0.4, 0.5) is 10.8 Å². The molecule has 158 valence electrons. The summed E-state index contributed by atoms with van der Waals surface area (Å²) in [6.07, 6.45) is 1.73. The van der Waals surface area contributed by atoms with E-state index in [1.165, 1.54) is 11.3 Å². The number of rotatable bonds is 11. The fourth-order valence-corrected chi connectivity index (χ4v) is 3.40. The van der Waals surface area contributed by atoms with E-state index in [9.17, 15) is 9.59 Å². The monoisotopic (exact) mass is 428 g/mol. The van der Waals surface area contributed by atoms with Crippen molar-refractivity contribution in [3.63, 3.8) is 0 Å². The summed E-state index contributed by atoms with van der Waals surface area (Å²) in [5, 5.41) is 8.28. The Hall–Kier alpha value is -3.17. The quantitative estimate of drug-likeness (QED) is 0.455. The van der Waals surface area contributed by atoms with Crippen LogP contribution in [0, 0.1) is 0 Å². The molecule has 0 aliphatic rings. The summed E-state index contributed by atoms with van der Waals surface area (Å²) in [4.78, 5) is 31.1. The van der Waals surface area contributed by atoms with E-state index in [0.717, 1.165) is 5.69 Å². The first-order chi connectivity index (χ1) is 14.7. The maximum Gasteiger partial charge on any atom is 0.273 e. The van der Waals surface area contributed by atoms with Crippen molar-refractivity contribution in [2.45, 2.75) is 13.0 Å². The lowest BCUT2D eigenvalue weighted by Crippen LogP contribution is -2.35. The Morgan fingerprint density at radius 2 is 2.03 bits per heavy atom. The first-order valence-electron chi connectivity index (χ1n) is 9.50. The van der Waals surface area contributed by atoms with Crippen molar-refractivity contribution in [1.82, 2.24) is 15.2 Å². The molecule has 0 aliphatic carbocycles. The van der Waals surface area contributed by atoms with Crippen LogP contribution in [0.5, 0.6) is 0 Å². The molecule has 2 aromatic heterocycles. The van der Waals surface area contributed by atoms with Gasteiger partial charge < -0.3 is 24.7 Å². The number of furan rings is 1. The van der Waals surface area contributed by atoms with Gasteiger partial charge in [0, 0.05) is 37.7 Å². The molecule has 0 saturated carbocycles. The zero-order chi connectivity index (χ0) is 21.2. The number of aromatic nitrogens is 1. The zero-order valence-corrected chi connectivity index (χ0v) is 17.5. The van der Waals surface area contributed by atoms with Gasteiger partial charge in [0.25, 0.3) is 5.91 Å². The lowest BCUT2D eigenvalue weighted by atomic mass is 10.3. The first kappa shape index (κ1) is 21.5. The van der Waals surface area contributed by atoms with E-state index in [4.69, 9.17) is 9.15 Å². The number of nitrogens with one attached hydrogen (secondary N) is 2. The Balaban J connectivity index is 1.64. The Kier molecular flexibility index (Phi) is 7.99. The molecule has 0 bridgehead atoms. The van der Waals surface area contributed by atoms with Crippen molar-refractivity contribution in [3.8, 4) is 0 Å². The first-order valence-corrected chi connectivity index (χ1v) is 10.4. The maximum atomic E-state index is 13.1. The highest BCUT2D eigenvalue weighted by atomic mass is 32.1. The molecular weight excluding hydrogens is 404 g/mol. The molecule has 0 aliphatic heterocycles. The highest BCUT2D eigenvalue weighted by molar-refractivity contribution is 7.14. The summed E-state index contributed by atoms with van der Waals surface area (Å²) in [5.41, 5.74) is 1.22. The minimum atomic E-state index is -0.256. The largest absolute Gasteiger partial charge is 0.467 e. The molecule has 0 fully saturated rings. The number of anilines is 2. The molecule has 0 unspecified atom stereocenters. The van der Waals surface area contributed by atoms with E-state index < -0.39 is 0 Å². The second-order valence-electron chi connectivity index (χ2n) is 6.43. The number of carbonyl (C=O) groups is 2. The molecule has 30 heavy (non-hydrogen) atoms. The average molecular weight is 429 g/mol. The summed E-state index contributed by atoms with van der Waals surface area (Å²) in [6.45, 7) is 1.38. The van der Waals surface area contributed by atoms with Gasteiger partial charge in [-0.1, -0.05) is 18.2 Å². The molecule has 0 atom stereocenters. The van der Waals surface area contributed by atoms with Gasteiger partial charge in [0.1, 0.15) is 11.5 Å². The lowest BCUT2D eigenvalue weighted by Gasteiger charge is -2.20. The van der Waals surface area contributed by atoms with Crippen LogP contribution in [-0.2, 0) is 16.1 Å². The van der Waals surface area contributed by atoms with Gasteiger partial charge in [-0.15, -0.1) is 11.3 Å². The number of methoxy groups -OCH3 is 1. The predicted octanol–water partition coefficient (Wildman–Crippen LogP) is 3.27. The van der Waals surface area contributed by atoms with Gasteiger partial charge >= 0.3 is 0 Å². The number of hydrogen-bond acceptors (Lipinski definition) is 7.